The van der Waals surface area contributed by atoms with Crippen LogP contribution in [0.2, 0.25) is 0 Å². The van der Waals surface area contributed by atoms with Crippen molar-refractivity contribution in [2.75, 3.05) is 46.9 Å². The highest BCUT2D eigenvalue weighted by Gasteiger charge is 2.20. The SMILES string of the molecule is CN(CCOc1ccc(CN)cc1)CC1CCN(C)C1. The second kappa shape index (κ2) is 7.62. The number of ether oxygens (including phenoxy) is 1. The minimum absolute atomic E-state index is 0.582. The van der Waals surface area contributed by atoms with E-state index in [4.69, 9.17) is 10.5 Å². The molecule has 2 N–H and O–H groups in total. The molecule has 1 atom stereocenters. The number of nitrogens with zero attached hydrogens (tertiary/aromatic N) is 2. The fourth-order valence-electron chi connectivity index (χ4n) is 2.75. The van der Waals surface area contributed by atoms with Crippen LogP contribution in [-0.2, 0) is 6.54 Å². The zero-order valence-electron chi connectivity index (χ0n) is 12.7. The van der Waals surface area contributed by atoms with Gasteiger partial charge in [-0.15, -0.1) is 0 Å². The largest absolute Gasteiger partial charge is 0.492 e. The van der Waals surface area contributed by atoms with Crippen molar-refractivity contribution in [1.82, 2.24) is 9.80 Å². The second-order valence-electron chi connectivity index (χ2n) is 5.88. The molecule has 1 aliphatic rings. The number of hydrogen-bond acceptors (Lipinski definition) is 4. The molecule has 1 aromatic rings. The van der Waals surface area contributed by atoms with Gasteiger partial charge in [0.05, 0.1) is 0 Å². The first-order valence-electron chi connectivity index (χ1n) is 7.46. The van der Waals surface area contributed by atoms with E-state index < -0.39 is 0 Å². The Bertz CT molecular complexity index is 393. The zero-order chi connectivity index (χ0) is 14.4. The third kappa shape index (κ3) is 4.78. The van der Waals surface area contributed by atoms with Crippen LogP contribution in [0.25, 0.3) is 0 Å². The Morgan fingerprint density at radius 1 is 1.35 bits per heavy atom. The fraction of sp³-hybridized carbons (Fsp3) is 0.625. The van der Waals surface area contributed by atoms with Crippen molar-refractivity contribution >= 4 is 0 Å². The molecule has 1 heterocycles. The molecule has 112 valence electrons. The van der Waals surface area contributed by atoms with Gasteiger partial charge >= 0.3 is 0 Å². The monoisotopic (exact) mass is 277 g/mol. The summed E-state index contributed by atoms with van der Waals surface area (Å²) < 4.78 is 5.77. The lowest BCUT2D eigenvalue weighted by Crippen LogP contribution is -2.30. The summed E-state index contributed by atoms with van der Waals surface area (Å²) in [4.78, 5) is 4.78. The molecule has 0 bridgehead atoms. The number of benzene rings is 1. The molecule has 1 aromatic carbocycles. The number of nitrogens with two attached hydrogens (primary N) is 1. The minimum Gasteiger partial charge on any atom is -0.492 e. The van der Waals surface area contributed by atoms with Crippen LogP contribution < -0.4 is 10.5 Å². The van der Waals surface area contributed by atoms with E-state index in [1.165, 1.54) is 26.1 Å². The molecule has 0 radical (unpaired) electrons. The first-order chi connectivity index (χ1) is 9.67. The van der Waals surface area contributed by atoms with E-state index in [1.807, 2.05) is 24.3 Å². The van der Waals surface area contributed by atoms with Gasteiger partial charge in [-0.3, -0.25) is 0 Å². The van der Waals surface area contributed by atoms with Crippen LogP contribution in [0.1, 0.15) is 12.0 Å². The van der Waals surface area contributed by atoms with Gasteiger partial charge in [-0.25, -0.2) is 0 Å². The van der Waals surface area contributed by atoms with Crippen molar-refractivity contribution in [3.05, 3.63) is 29.8 Å². The first kappa shape index (κ1) is 15.3. The van der Waals surface area contributed by atoms with Crippen molar-refractivity contribution in [3.8, 4) is 5.75 Å². The van der Waals surface area contributed by atoms with Crippen LogP contribution in [0.4, 0.5) is 0 Å². The first-order valence-corrected chi connectivity index (χ1v) is 7.46. The van der Waals surface area contributed by atoms with E-state index in [0.717, 1.165) is 30.4 Å². The predicted molar refractivity (Wildman–Crippen MR) is 82.9 cm³/mol. The molecule has 4 nitrogen and oxygen atoms in total. The highest BCUT2D eigenvalue weighted by atomic mass is 16.5. The number of hydrogen-bond donors (Lipinski definition) is 1. The molecule has 0 aliphatic carbocycles. The van der Waals surface area contributed by atoms with Crippen LogP contribution in [0.15, 0.2) is 24.3 Å². The normalized spacial score (nSPS) is 19.7. The molecule has 4 heteroatoms. The fourth-order valence-corrected chi connectivity index (χ4v) is 2.75. The second-order valence-corrected chi connectivity index (χ2v) is 5.88. The van der Waals surface area contributed by atoms with Crippen molar-refractivity contribution in [2.24, 2.45) is 11.7 Å². The summed E-state index contributed by atoms with van der Waals surface area (Å²) in [6, 6.07) is 8.03. The van der Waals surface area contributed by atoms with E-state index in [0.29, 0.717) is 6.54 Å². The van der Waals surface area contributed by atoms with Gasteiger partial charge in [0.2, 0.25) is 0 Å². The Morgan fingerprint density at radius 2 is 2.10 bits per heavy atom. The summed E-state index contributed by atoms with van der Waals surface area (Å²) >= 11 is 0. The lowest BCUT2D eigenvalue weighted by atomic mass is 10.1. The molecular formula is C16H27N3O. The standard InChI is InChI=1S/C16H27N3O/c1-18-8-7-15(12-18)13-19(2)9-10-20-16-5-3-14(11-17)4-6-16/h3-6,15H,7-13,17H2,1-2H3. The molecule has 20 heavy (non-hydrogen) atoms. The smallest absolute Gasteiger partial charge is 0.119 e. The van der Waals surface area contributed by atoms with E-state index >= 15 is 0 Å². The molecular weight excluding hydrogens is 250 g/mol. The molecule has 1 unspecified atom stereocenters. The van der Waals surface area contributed by atoms with Gasteiger partial charge < -0.3 is 20.3 Å². The third-order valence-corrected chi connectivity index (χ3v) is 3.96. The lowest BCUT2D eigenvalue weighted by Gasteiger charge is -2.21. The summed E-state index contributed by atoms with van der Waals surface area (Å²) in [5.74, 6) is 1.74. The quantitative estimate of drug-likeness (QED) is 0.818. The van der Waals surface area contributed by atoms with Crippen LogP contribution >= 0.6 is 0 Å². The highest BCUT2D eigenvalue weighted by Crippen LogP contribution is 2.15. The maximum absolute atomic E-state index is 5.77. The lowest BCUT2D eigenvalue weighted by molar-refractivity contribution is 0.215. The Morgan fingerprint density at radius 3 is 2.70 bits per heavy atom. The topological polar surface area (TPSA) is 41.7 Å². The van der Waals surface area contributed by atoms with Gasteiger partial charge in [0.25, 0.3) is 0 Å². The van der Waals surface area contributed by atoms with Crippen molar-refractivity contribution in [1.29, 1.82) is 0 Å². The Balaban J connectivity index is 1.64. The summed E-state index contributed by atoms with van der Waals surface area (Å²) in [5, 5.41) is 0. The summed E-state index contributed by atoms with van der Waals surface area (Å²) in [5.41, 5.74) is 6.72. The van der Waals surface area contributed by atoms with E-state index in [-0.39, 0.29) is 0 Å². The third-order valence-electron chi connectivity index (χ3n) is 3.96. The molecule has 1 saturated heterocycles. The summed E-state index contributed by atoms with van der Waals surface area (Å²) in [6.45, 7) is 5.92. The number of rotatable bonds is 7. The molecule has 1 aliphatic heterocycles. The molecule has 0 spiro atoms. The van der Waals surface area contributed by atoms with E-state index in [2.05, 4.69) is 23.9 Å². The van der Waals surface area contributed by atoms with Gasteiger partial charge in [-0.2, -0.15) is 0 Å². The van der Waals surface area contributed by atoms with Crippen LogP contribution in [0, 0.1) is 5.92 Å². The Kier molecular flexibility index (Phi) is 5.83. The molecule has 1 fully saturated rings. The Hall–Kier alpha value is -1.10. The maximum atomic E-state index is 5.77. The molecule has 0 amide bonds. The minimum atomic E-state index is 0.582. The molecule has 2 rings (SSSR count). The molecule has 0 saturated carbocycles. The average molecular weight is 277 g/mol. The van der Waals surface area contributed by atoms with Gasteiger partial charge in [0.1, 0.15) is 12.4 Å². The van der Waals surface area contributed by atoms with Crippen LogP contribution in [-0.4, -0.2) is 56.7 Å². The summed E-state index contributed by atoms with van der Waals surface area (Å²) in [7, 11) is 4.38. The van der Waals surface area contributed by atoms with Gasteiger partial charge in [0.15, 0.2) is 0 Å². The van der Waals surface area contributed by atoms with Crippen molar-refractivity contribution in [2.45, 2.75) is 13.0 Å². The van der Waals surface area contributed by atoms with Crippen molar-refractivity contribution in [3.63, 3.8) is 0 Å². The van der Waals surface area contributed by atoms with Gasteiger partial charge in [0, 0.05) is 26.2 Å². The van der Waals surface area contributed by atoms with Crippen molar-refractivity contribution < 1.29 is 4.74 Å². The average Bonchev–Trinajstić information content (AvgIpc) is 2.85. The summed E-state index contributed by atoms with van der Waals surface area (Å²) in [6.07, 6.45) is 1.32. The van der Waals surface area contributed by atoms with Crippen LogP contribution in [0.5, 0.6) is 5.75 Å². The van der Waals surface area contributed by atoms with Gasteiger partial charge in [-0.05, 0) is 50.7 Å². The number of likely N-dealkylation sites (tertiary alicyclic amines) is 1. The van der Waals surface area contributed by atoms with Gasteiger partial charge in [-0.1, -0.05) is 12.1 Å². The predicted octanol–water partition coefficient (Wildman–Crippen LogP) is 1.41. The Labute approximate surface area is 122 Å². The highest BCUT2D eigenvalue weighted by molar-refractivity contribution is 5.27. The van der Waals surface area contributed by atoms with E-state index in [9.17, 15) is 0 Å². The maximum Gasteiger partial charge on any atom is 0.119 e. The van der Waals surface area contributed by atoms with Crippen LogP contribution in [0.3, 0.4) is 0 Å². The van der Waals surface area contributed by atoms with E-state index in [1.54, 1.807) is 0 Å². The zero-order valence-corrected chi connectivity index (χ0v) is 12.7. The molecule has 0 aromatic heterocycles. The number of likely N-dealkylation sites (N-methyl/N-ethyl adjacent to an activating group) is 1.